The molecule has 3 amide bonds. The lowest BCUT2D eigenvalue weighted by Gasteiger charge is -2.28. The third-order valence-electron chi connectivity index (χ3n) is 4.74. The van der Waals surface area contributed by atoms with Gasteiger partial charge in [0.15, 0.2) is 0 Å². The van der Waals surface area contributed by atoms with Gasteiger partial charge in [-0.25, -0.2) is 4.79 Å². The number of carbonyl (C=O) groups excluding carboxylic acids is 3. The molecule has 5 N–H and O–H groups in total. The van der Waals surface area contributed by atoms with Gasteiger partial charge in [0.25, 0.3) is 0 Å². The van der Waals surface area contributed by atoms with Gasteiger partial charge in [-0.05, 0) is 39.2 Å². The number of aliphatic carboxylic acids is 1. The average molecular weight is 370 g/mol. The highest BCUT2D eigenvalue weighted by atomic mass is 16.4. The van der Waals surface area contributed by atoms with Crippen molar-refractivity contribution in [1.29, 1.82) is 0 Å². The molecule has 2 fully saturated rings. The van der Waals surface area contributed by atoms with E-state index in [-0.39, 0.29) is 17.9 Å². The van der Waals surface area contributed by atoms with Crippen LogP contribution in [0.4, 0.5) is 0 Å². The fourth-order valence-electron chi connectivity index (χ4n) is 3.29. The summed E-state index contributed by atoms with van der Waals surface area (Å²) in [5.41, 5.74) is 0. The number of hydrogen-bond donors (Lipinski definition) is 5. The van der Waals surface area contributed by atoms with Crippen molar-refractivity contribution >= 4 is 23.7 Å². The van der Waals surface area contributed by atoms with E-state index in [1.807, 2.05) is 0 Å². The molecule has 10 nitrogen and oxygen atoms in total. The summed E-state index contributed by atoms with van der Waals surface area (Å²) >= 11 is 0. The molecule has 10 heteroatoms. The zero-order chi connectivity index (χ0) is 19.3. The van der Waals surface area contributed by atoms with Crippen molar-refractivity contribution in [3.63, 3.8) is 0 Å². The predicted molar refractivity (Wildman–Crippen MR) is 90.0 cm³/mol. The molecule has 146 valence electrons. The van der Waals surface area contributed by atoms with Gasteiger partial charge in [-0.2, -0.15) is 0 Å². The van der Waals surface area contributed by atoms with Crippen LogP contribution < -0.4 is 16.0 Å². The van der Waals surface area contributed by atoms with Crippen LogP contribution in [0, 0.1) is 0 Å². The van der Waals surface area contributed by atoms with Crippen molar-refractivity contribution < 1.29 is 29.4 Å². The first-order chi connectivity index (χ1) is 12.3. The van der Waals surface area contributed by atoms with Crippen LogP contribution in [0.5, 0.6) is 0 Å². The van der Waals surface area contributed by atoms with E-state index in [1.54, 1.807) is 6.92 Å². The van der Waals surface area contributed by atoms with Gasteiger partial charge in [0.1, 0.15) is 18.1 Å². The Kier molecular flexibility index (Phi) is 6.92. The smallest absolute Gasteiger partial charge is 0.328 e. The SMILES string of the molecule is CC(NC(=O)C1CCCN1)C(=O)N1CCCC1C(=O)NC(CO)C(=O)O. The number of carboxylic acids is 1. The number of carboxylic acid groups (broad SMARTS) is 1. The van der Waals surface area contributed by atoms with Crippen molar-refractivity contribution in [1.82, 2.24) is 20.9 Å². The Morgan fingerprint density at radius 1 is 1.15 bits per heavy atom. The molecule has 2 aliphatic rings. The van der Waals surface area contributed by atoms with E-state index in [1.165, 1.54) is 4.90 Å². The van der Waals surface area contributed by atoms with Gasteiger partial charge in [-0.1, -0.05) is 0 Å². The molecule has 2 saturated heterocycles. The van der Waals surface area contributed by atoms with Crippen LogP contribution in [0.2, 0.25) is 0 Å². The molecular weight excluding hydrogens is 344 g/mol. The van der Waals surface area contributed by atoms with E-state index in [2.05, 4.69) is 16.0 Å². The van der Waals surface area contributed by atoms with Crippen LogP contribution in [0.25, 0.3) is 0 Å². The highest BCUT2D eigenvalue weighted by Gasteiger charge is 2.38. The van der Waals surface area contributed by atoms with Crippen LogP contribution in [0.1, 0.15) is 32.6 Å². The number of amides is 3. The summed E-state index contributed by atoms with van der Waals surface area (Å²) in [4.78, 5) is 49.4. The highest BCUT2D eigenvalue weighted by Crippen LogP contribution is 2.19. The number of aliphatic hydroxyl groups is 1. The van der Waals surface area contributed by atoms with E-state index in [4.69, 9.17) is 10.2 Å². The summed E-state index contributed by atoms with van der Waals surface area (Å²) in [6.45, 7) is 1.96. The van der Waals surface area contributed by atoms with Crippen LogP contribution in [-0.2, 0) is 19.2 Å². The van der Waals surface area contributed by atoms with Crippen LogP contribution in [0.15, 0.2) is 0 Å². The fourth-order valence-corrected chi connectivity index (χ4v) is 3.29. The first kappa shape index (κ1) is 20.1. The minimum absolute atomic E-state index is 0.241. The van der Waals surface area contributed by atoms with Gasteiger partial charge in [0, 0.05) is 6.54 Å². The second kappa shape index (κ2) is 8.95. The maximum absolute atomic E-state index is 12.6. The summed E-state index contributed by atoms with van der Waals surface area (Å²) in [5.74, 6) is -2.59. The van der Waals surface area contributed by atoms with Gasteiger partial charge < -0.3 is 31.1 Å². The van der Waals surface area contributed by atoms with E-state index in [0.717, 1.165) is 19.4 Å². The topological polar surface area (TPSA) is 148 Å². The average Bonchev–Trinajstić information content (AvgIpc) is 3.29. The quantitative estimate of drug-likeness (QED) is 0.341. The van der Waals surface area contributed by atoms with E-state index in [9.17, 15) is 19.2 Å². The van der Waals surface area contributed by atoms with Crippen molar-refractivity contribution in [3.8, 4) is 0 Å². The Morgan fingerprint density at radius 3 is 2.46 bits per heavy atom. The van der Waals surface area contributed by atoms with Crippen molar-refractivity contribution in [2.24, 2.45) is 0 Å². The molecule has 2 aliphatic heterocycles. The summed E-state index contributed by atoms with van der Waals surface area (Å²) in [6.07, 6.45) is 2.63. The molecule has 0 aromatic rings. The molecule has 0 aliphatic carbocycles. The van der Waals surface area contributed by atoms with E-state index >= 15 is 0 Å². The number of nitrogens with one attached hydrogen (secondary N) is 3. The van der Waals surface area contributed by atoms with Crippen LogP contribution in [-0.4, -0.2) is 82.7 Å². The van der Waals surface area contributed by atoms with Crippen LogP contribution >= 0.6 is 0 Å². The van der Waals surface area contributed by atoms with Crippen molar-refractivity contribution in [2.75, 3.05) is 19.7 Å². The first-order valence-corrected chi connectivity index (χ1v) is 8.83. The molecule has 0 aromatic heterocycles. The lowest BCUT2D eigenvalue weighted by Crippen LogP contribution is -2.56. The van der Waals surface area contributed by atoms with E-state index in [0.29, 0.717) is 19.4 Å². The summed E-state index contributed by atoms with van der Waals surface area (Å²) in [5, 5.41) is 25.9. The van der Waals surface area contributed by atoms with Crippen molar-refractivity contribution in [3.05, 3.63) is 0 Å². The molecule has 0 bridgehead atoms. The van der Waals surface area contributed by atoms with E-state index < -0.39 is 36.6 Å². The monoisotopic (exact) mass is 370 g/mol. The predicted octanol–water partition coefficient (Wildman–Crippen LogP) is -2.20. The van der Waals surface area contributed by atoms with Crippen molar-refractivity contribution in [2.45, 2.75) is 56.8 Å². The third kappa shape index (κ3) is 4.70. The number of hydrogen-bond acceptors (Lipinski definition) is 6. The number of aliphatic hydroxyl groups excluding tert-OH is 1. The molecular formula is C16H26N4O6. The first-order valence-electron chi connectivity index (χ1n) is 8.83. The lowest BCUT2D eigenvalue weighted by atomic mass is 10.1. The lowest BCUT2D eigenvalue weighted by molar-refractivity contribution is -0.145. The molecule has 26 heavy (non-hydrogen) atoms. The molecule has 4 atom stereocenters. The molecule has 2 heterocycles. The highest BCUT2D eigenvalue weighted by molar-refractivity contribution is 5.94. The fraction of sp³-hybridized carbons (Fsp3) is 0.750. The Labute approximate surface area is 151 Å². The maximum Gasteiger partial charge on any atom is 0.328 e. The van der Waals surface area contributed by atoms with Gasteiger partial charge in [-0.3, -0.25) is 14.4 Å². The minimum atomic E-state index is -1.41. The summed E-state index contributed by atoms with van der Waals surface area (Å²) < 4.78 is 0. The second-order valence-electron chi connectivity index (χ2n) is 6.65. The molecule has 0 radical (unpaired) electrons. The minimum Gasteiger partial charge on any atom is -0.480 e. The third-order valence-corrected chi connectivity index (χ3v) is 4.74. The molecule has 0 saturated carbocycles. The number of nitrogens with zero attached hydrogens (tertiary/aromatic N) is 1. The van der Waals surface area contributed by atoms with Gasteiger partial charge in [0.05, 0.1) is 12.6 Å². The Hall–Kier alpha value is -2.20. The number of carbonyl (C=O) groups is 4. The summed E-state index contributed by atoms with van der Waals surface area (Å²) in [7, 11) is 0. The normalized spacial score (nSPS) is 24.8. The van der Waals surface area contributed by atoms with Crippen LogP contribution in [0.3, 0.4) is 0 Å². The zero-order valence-electron chi connectivity index (χ0n) is 14.7. The largest absolute Gasteiger partial charge is 0.480 e. The Morgan fingerprint density at radius 2 is 1.88 bits per heavy atom. The second-order valence-corrected chi connectivity index (χ2v) is 6.65. The molecule has 0 aromatic carbocycles. The standard InChI is InChI=1S/C16H26N4O6/c1-9(18-13(22)10-4-2-6-17-10)15(24)20-7-3-5-12(20)14(23)19-11(8-21)16(25)26/h9-12,17,21H,2-8H2,1H3,(H,18,22)(H,19,23)(H,25,26). The number of likely N-dealkylation sites (tertiary alicyclic amines) is 1. The van der Waals surface area contributed by atoms with Gasteiger partial charge in [0.2, 0.25) is 17.7 Å². The van der Waals surface area contributed by atoms with Gasteiger partial charge >= 0.3 is 5.97 Å². The van der Waals surface area contributed by atoms with Gasteiger partial charge in [-0.15, -0.1) is 0 Å². The zero-order valence-corrected chi connectivity index (χ0v) is 14.7. The molecule has 0 spiro atoms. The Bertz CT molecular complexity index is 563. The summed E-state index contributed by atoms with van der Waals surface area (Å²) in [6, 6.07) is -3.30. The molecule has 2 rings (SSSR count). The number of rotatable bonds is 7. The maximum atomic E-state index is 12.6. The molecule has 4 unspecified atom stereocenters. The Balaban J connectivity index is 1.94.